The first-order valence-electron chi connectivity index (χ1n) is 14.7. The van der Waals surface area contributed by atoms with Crippen LogP contribution in [0.2, 0.25) is 0 Å². The molecule has 0 aliphatic rings. The fourth-order valence-corrected chi connectivity index (χ4v) is 4.40. The summed E-state index contributed by atoms with van der Waals surface area (Å²) >= 11 is 0. The molecule has 0 saturated carbocycles. The summed E-state index contributed by atoms with van der Waals surface area (Å²) in [6.07, 6.45) is 5.34. The summed E-state index contributed by atoms with van der Waals surface area (Å²) in [4.78, 5) is 0. The molecule has 0 amide bonds. The van der Waals surface area contributed by atoms with Gasteiger partial charge in [-0.05, 0) is 72.2 Å². The topological polar surface area (TPSA) is 71.4 Å². The van der Waals surface area contributed by atoms with Crippen molar-refractivity contribution in [1.82, 2.24) is 0 Å². The monoisotopic (exact) mass is 577 g/mol. The van der Waals surface area contributed by atoms with Gasteiger partial charge >= 0.3 is 0 Å². The van der Waals surface area contributed by atoms with Crippen LogP contribution in [0.15, 0.2) is 127 Å². The predicted molar refractivity (Wildman–Crippen MR) is 188 cm³/mol. The molecule has 0 unspecified atom stereocenters. The molecule has 3 aromatic carbocycles. The first-order chi connectivity index (χ1) is 21.1. The Balaban J connectivity index is 0.000000507. The van der Waals surface area contributed by atoms with Crippen LogP contribution >= 0.6 is 0 Å². The van der Waals surface area contributed by atoms with E-state index >= 15 is 0 Å². The number of allylic oxidation sites excluding steroid dienone is 9. The zero-order valence-corrected chi connectivity index (χ0v) is 27.2. The first-order valence-corrected chi connectivity index (χ1v) is 14.7. The molecule has 3 aromatic rings. The summed E-state index contributed by atoms with van der Waals surface area (Å²) in [5.74, 6) is 0.146. The molecular formula is C41H43N3. The third-order valence-corrected chi connectivity index (χ3v) is 7.04. The number of hydrogen-bond acceptors (Lipinski definition) is 3. The van der Waals surface area contributed by atoms with E-state index in [1.54, 1.807) is 18.2 Å². The van der Waals surface area contributed by atoms with E-state index < -0.39 is 0 Å². The molecule has 0 spiro atoms. The highest BCUT2D eigenvalue weighted by Crippen LogP contribution is 2.31. The Morgan fingerprint density at radius 2 is 0.909 bits per heavy atom. The number of hydrogen-bond donors (Lipinski definition) is 0. The minimum Gasteiger partial charge on any atom is -0.192 e. The summed E-state index contributed by atoms with van der Waals surface area (Å²) in [5, 5.41) is 27.4. The van der Waals surface area contributed by atoms with Gasteiger partial charge in [-0.25, -0.2) is 0 Å². The Morgan fingerprint density at radius 3 is 1.20 bits per heavy atom. The summed E-state index contributed by atoms with van der Waals surface area (Å²) in [7, 11) is 0. The van der Waals surface area contributed by atoms with E-state index in [1.807, 2.05) is 90.1 Å². The molecule has 0 aliphatic carbocycles. The number of nitrogens with zero attached hydrogens (tertiary/aromatic N) is 3. The Hall–Kier alpha value is -5.43. The number of benzene rings is 3. The van der Waals surface area contributed by atoms with Crippen molar-refractivity contribution < 1.29 is 0 Å². The lowest BCUT2D eigenvalue weighted by molar-refractivity contribution is 0.921. The molecule has 0 fully saturated rings. The van der Waals surface area contributed by atoms with Crippen LogP contribution in [0.5, 0.6) is 0 Å². The molecule has 0 atom stereocenters. The van der Waals surface area contributed by atoms with Crippen molar-refractivity contribution in [3.05, 3.63) is 161 Å². The minimum absolute atomic E-state index is 0.146. The number of aryl methyl sites for hydroxylation is 1. The third kappa shape index (κ3) is 9.84. The quantitative estimate of drug-likeness (QED) is 0.197. The molecular weight excluding hydrogens is 534 g/mol. The lowest BCUT2D eigenvalue weighted by Gasteiger charge is -2.16. The maximum Gasteiger partial charge on any atom is 0.0994 e. The van der Waals surface area contributed by atoms with Gasteiger partial charge in [0, 0.05) is 5.92 Å². The maximum atomic E-state index is 9.27. The van der Waals surface area contributed by atoms with Gasteiger partial charge in [0.2, 0.25) is 0 Å². The average molecular weight is 578 g/mol. The number of nitriles is 3. The molecule has 0 heterocycles. The maximum absolute atomic E-state index is 9.27. The van der Waals surface area contributed by atoms with Gasteiger partial charge in [-0.1, -0.05) is 137 Å². The van der Waals surface area contributed by atoms with Crippen molar-refractivity contribution >= 4 is 16.7 Å². The zero-order chi connectivity index (χ0) is 33.2. The van der Waals surface area contributed by atoms with Gasteiger partial charge in [0.15, 0.2) is 0 Å². The lowest BCUT2D eigenvalue weighted by atomic mass is 9.88. The third-order valence-electron chi connectivity index (χ3n) is 7.04. The Labute approximate surface area is 265 Å². The first kappa shape index (κ1) is 36.6. The van der Waals surface area contributed by atoms with E-state index in [0.717, 1.165) is 44.5 Å². The van der Waals surface area contributed by atoms with E-state index in [2.05, 4.69) is 69.1 Å². The summed E-state index contributed by atoms with van der Waals surface area (Å²) in [6.45, 7) is 25.8. The SMILES string of the molecule is C=C(/C(C#N)=C\C)c1cccc(C(C)c2cccc(C(=C)/C(C#N)=C\C)c2)c1.C=C(/C(C#N)=C\C)c1cccc(C)c1.CC. The average Bonchev–Trinajstić information content (AvgIpc) is 3.07. The fraction of sp³-hybridized carbons (Fsp3) is 0.195. The zero-order valence-electron chi connectivity index (χ0n) is 27.2. The van der Waals surface area contributed by atoms with Crippen LogP contribution in [0.1, 0.15) is 80.8 Å². The Morgan fingerprint density at radius 1 is 0.591 bits per heavy atom. The molecule has 0 saturated heterocycles. The van der Waals surface area contributed by atoms with Gasteiger partial charge < -0.3 is 0 Å². The van der Waals surface area contributed by atoms with E-state index in [-0.39, 0.29) is 5.92 Å². The Kier molecular flexibility index (Phi) is 15.7. The highest BCUT2D eigenvalue weighted by atomic mass is 14.3. The highest BCUT2D eigenvalue weighted by Gasteiger charge is 2.13. The van der Waals surface area contributed by atoms with Gasteiger partial charge in [0.1, 0.15) is 0 Å². The van der Waals surface area contributed by atoms with Gasteiger partial charge in [-0.15, -0.1) is 0 Å². The second-order valence-electron chi connectivity index (χ2n) is 9.72. The van der Waals surface area contributed by atoms with Crippen LogP contribution in [-0.2, 0) is 0 Å². The van der Waals surface area contributed by atoms with Crippen molar-refractivity contribution in [2.75, 3.05) is 0 Å². The lowest BCUT2D eigenvalue weighted by Crippen LogP contribution is -1.99. The molecule has 3 rings (SSSR count). The fourth-order valence-electron chi connectivity index (χ4n) is 4.40. The van der Waals surface area contributed by atoms with E-state index in [0.29, 0.717) is 16.7 Å². The van der Waals surface area contributed by atoms with Crippen LogP contribution in [0.25, 0.3) is 16.7 Å². The van der Waals surface area contributed by atoms with Crippen molar-refractivity contribution in [2.24, 2.45) is 0 Å². The molecule has 3 heteroatoms. The molecule has 0 N–H and O–H groups in total. The smallest absolute Gasteiger partial charge is 0.0994 e. The molecule has 3 nitrogen and oxygen atoms in total. The minimum atomic E-state index is 0.146. The van der Waals surface area contributed by atoms with Crippen LogP contribution in [0.3, 0.4) is 0 Å². The van der Waals surface area contributed by atoms with E-state index in [9.17, 15) is 10.5 Å². The van der Waals surface area contributed by atoms with Crippen molar-refractivity contribution in [3.8, 4) is 18.2 Å². The van der Waals surface area contributed by atoms with E-state index in [4.69, 9.17) is 5.26 Å². The summed E-state index contributed by atoms with van der Waals surface area (Å²) < 4.78 is 0. The molecule has 44 heavy (non-hydrogen) atoms. The van der Waals surface area contributed by atoms with Crippen molar-refractivity contribution in [1.29, 1.82) is 15.8 Å². The van der Waals surface area contributed by atoms with Crippen LogP contribution in [0.4, 0.5) is 0 Å². The predicted octanol–water partition coefficient (Wildman–Crippen LogP) is 11.3. The molecule has 0 aliphatic heterocycles. The van der Waals surface area contributed by atoms with Crippen LogP contribution in [-0.4, -0.2) is 0 Å². The van der Waals surface area contributed by atoms with Gasteiger partial charge in [0.05, 0.1) is 34.9 Å². The van der Waals surface area contributed by atoms with Gasteiger partial charge in [0.25, 0.3) is 0 Å². The standard InChI is InChI=1S/C26H24N2.C13H13N.C2H6/c1-6-21(16-27)18(3)23-10-8-12-25(14-23)20(5)26-13-9-11-24(15-26)19(4)22(7-2)17-28;1-4-12(9-14)11(3)13-7-5-6-10(2)8-13;1-2/h6-15,20H,3-4H2,1-2,5H3;4-8H,3H2,1-2H3;1-2H3/b21-6-,22-7-;12-4-;. The largest absolute Gasteiger partial charge is 0.192 e. The normalized spacial score (nSPS) is 11.0. The van der Waals surface area contributed by atoms with Gasteiger partial charge in [-0.2, -0.15) is 15.8 Å². The molecule has 222 valence electrons. The second kappa shape index (κ2) is 18.9. The van der Waals surface area contributed by atoms with Crippen LogP contribution in [0, 0.1) is 40.9 Å². The van der Waals surface area contributed by atoms with Crippen molar-refractivity contribution in [3.63, 3.8) is 0 Å². The van der Waals surface area contributed by atoms with E-state index in [1.165, 1.54) is 5.56 Å². The van der Waals surface area contributed by atoms with Gasteiger partial charge in [-0.3, -0.25) is 0 Å². The van der Waals surface area contributed by atoms with Crippen LogP contribution < -0.4 is 0 Å². The summed E-state index contributed by atoms with van der Waals surface area (Å²) in [6, 6.07) is 30.8. The Bertz CT molecular complexity index is 1620. The molecule has 0 aromatic heterocycles. The second-order valence-corrected chi connectivity index (χ2v) is 9.72. The highest BCUT2D eigenvalue weighted by molar-refractivity contribution is 5.83. The molecule has 0 radical (unpaired) electrons. The summed E-state index contributed by atoms with van der Waals surface area (Å²) in [5.41, 5.74) is 10.4. The number of rotatable bonds is 8. The molecule has 0 bridgehead atoms. The van der Waals surface area contributed by atoms with Crippen molar-refractivity contribution in [2.45, 2.75) is 54.4 Å².